The zero-order valence-corrected chi connectivity index (χ0v) is 15.4. The summed E-state index contributed by atoms with van der Waals surface area (Å²) < 4.78 is 11.4. The molecule has 4 nitrogen and oxygen atoms in total. The van der Waals surface area contributed by atoms with Gasteiger partial charge in [0.25, 0.3) is 0 Å². The standard InChI is InChI=1S/C22H28O4/c1-25-20(14-17-8-4-2-3-5-9-17)12-13-22(18-10-6-7-11-18)16-19(23)15-21(24)26-22/h2,4-5,8-9,14-15,18,23H,3,6-7,10-13,16H2,1H3/b20-14-. The number of allylic oxidation sites excluding steroid dienone is 8. The van der Waals surface area contributed by atoms with E-state index in [1.165, 1.54) is 6.08 Å². The second-order valence-electron chi connectivity index (χ2n) is 7.33. The highest BCUT2D eigenvalue weighted by molar-refractivity contribution is 5.83. The van der Waals surface area contributed by atoms with Crippen molar-refractivity contribution in [1.29, 1.82) is 0 Å². The largest absolute Gasteiger partial charge is 0.512 e. The number of cyclic esters (lactones) is 1. The monoisotopic (exact) mass is 356 g/mol. The third kappa shape index (κ3) is 4.48. The molecule has 2 aliphatic carbocycles. The number of aliphatic hydroxyl groups is 1. The van der Waals surface area contributed by atoms with Gasteiger partial charge in [0.1, 0.15) is 11.4 Å². The van der Waals surface area contributed by atoms with Crippen molar-refractivity contribution in [2.75, 3.05) is 7.11 Å². The minimum absolute atomic E-state index is 0.135. The summed E-state index contributed by atoms with van der Waals surface area (Å²) in [5.41, 5.74) is 0.478. The zero-order chi connectivity index (χ0) is 18.4. The highest BCUT2D eigenvalue weighted by Gasteiger charge is 2.46. The van der Waals surface area contributed by atoms with E-state index in [-0.39, 0.29) is 5.76 Å². The molecule has 1 aliphatic heterocycles. The van der Waals surface area contributed by atoms with Crippen LogP contribution in [-0.2, 0) is 14.3 Å². The van der Waals surface area contributed by atoms with E-state index in [0.29, 0.717) is 25.2 Å². The summed E-state index contributed by atoms with van der Waals surface area (Å²) in [4.78, 5) is 12.0. The topological polar surface area (TPSA) is 55.8 Å². The van der Waals surface area contributed by atoms with Gasteiger partial charge in [0.15, 0.2) is 0 Å². The lowest BCUT2D eigenvalue weighted by molar-refractivity contribution is -0.165. The van der Waals surface area contributed by atoms with Gasteiger partial charge in [-0.3, -0.25) is 0 Å². The van der Waals surface area contributed by atoms with Gasteiger partial charge in [-0.05, 0) is 43.3 Å². The van der Waals surface area contributed by atoms with Gasteiger partial charge in [0, 0.05) is 12.8 Å². The maximum Gasteiger partial charge on any atom is 0.334 e. The number of hydrogen-bond donors (Lipinski definition) is 1. The van der Waals surface area contributed by atoms with E-state index in [0.717, 1.165) is 43.4 Å². The molecule has 1 atom stereocenters. The lowest BCUT2D eigenvalue weighted by Gasteiger charge is -2.40. The van der Waals surface area contributed by atoms with Gasteiger partial charge in [-0.25, -0.2) is 4.79 Å². The molecule has 3 aliphatic rings. The van der Waals surface area contributed by atoms with Crippen LogP contribution in [0, 0.1) is 5.92 Å². The van der Waals surface area contributed by atoms with Crippen LogP contribution in [0.1, 0.15) is 51.4 Å². The molecule has 0 saturated heterocycles. The molecule has 0 amide bonds. The van der Waals surface area contributed by atoms with E-state index in [4.69, 9.17) is 9.47 Å². The lowest BCUT2D eigenvalue weighted by Crippen LogP contribution is -2.44. The maximum atomic E-state index is 12.0. The Hall–Kier alpha value is -2.23. The predicted octanol–water partition coefficient (Wildman–Crippen LogP) is 5.06. The first-order valence-electron chi connectivity index (χ1n) is 9.52. The minimum Gasteiger partial charge on any atom is -0.512 e. The highest BCUT2D eigenvalue weighted by Crippen LogP contribution is 2.45. The second kappa shape index (κ2) is 8.43. The molecule has 3 rings (SSSR count). The highest BCUT2D eigenvalue weighted by atomic mass is 16.6. The Morgan fingerprint density at radius 1 is 1.38 bits per heavy atom. The first-order chi connectivity index (χ1) is 12.6. The number of carbonyl (C=O) groups is 1. The van der Waals surface area contributed by atoms with E-state index in [2.05, 4.69) is 24.3 Å². The first kappa shape index (κ1) is 18.6. The zero-order valence-electron chi connectivity index (χ0n) is 15.4. The van der Waals surface area contributed by atoms with Crippen LogP contribution in [0.5, 0.6) is 0 Å². The molecule has 0 radical (unpaired) electrons. The first-order valence-corrected chi connectivity index (χ1v) is 9.52. The molecule has 1 unspecified atom stereocenters. The average Bonchev–Trinajstić information content (AvgIpc) is 3.04. The van der Waals surface area contributed by atoms with Crippen molar-refractivity contribution in [2.24, 2.45) is 5.92 Å². The predicted molar refractivity (Wildman–Crippen MR) is 101 cm³/mol. The summed E-state index contributed by atoms with van der Waals surface area (Å²) in [5, 5.41) is 10.1. The number of carbonyl (C=O) groups excluding carboxylic acids is 1. The fraction of sp³-hybridized carbons (Fsp3) is 0.500. The molecule has 0 aromatic rings. The van der Waals surface area contributed by atoms with E-state index in [1.807, 2.05) is 12.2 Å². The van der Waals surface area contributed by atoms with E-state index >= 15 is 0 Å². The van der Waals surface area contributed by atoms with Crippen LogP contribution in [0.4, 0.5) is 0 Å². The normalized spacial score (nSPS) is 27.0. The van der Waals surface area contributed by atoms with Crippen molar-refractivity contribution in [3.8, 4) is 0 Å². The average molecular weight is 356 g/mol. The van der Waals surface area contributed by atoms with Crippen molar-refractivity contribution in [1.82, 2.24) is 0 Å². The Bertz CT molecular complexity index is 674. The molecular weight excluding hydrogens is 328 g/mol. The second-order valence-corrected chi connectivity index (χ2v) is 7.33. The maximum absolute atomic E-state index is 12.0. The molecule has 0 spiro atoms. The summed E-state index contributed by atoms with van der Waals surface area (Å²) in [6.45, 7) is 0. The van der Waals surface area contributed by atoms with Crippen molar-refractivity contribution >= 4 is 5.97 Å². The molecule has 0 bridgehead atoms. The summed E-state index contributed by atoms with van der Waals surface area (Å²) in [6.07, 6.45) is 20.7. The van der Waals surface area contributed by atoms with Gasteiger partial charge in [0.2, 0.25) is 0 Å². The summed E-state index contributed by atoms with van der Waals surface area (Å²) in [6, 6.07) is 0. The third-order valence-electron chi connectivity index (χ3n) is 5.56. The smallest absolute Gasteiger partial charge is 0.334 e. The van der Waals surface area contributed by atoms with Gasteiger partial charge < -0.3 is 14.6 Å². The summed E-state index contributed by atoms with van der Waals surface area (Å²) in [5.74, 6) is 0.873. The number of ether oxygens (including phenoxy) is 2. The number of rotatable bonds is 6. The number of methoxy groups -OCH3 is 1. The molecule has 1 heterocycles. The van der Waals surface area contributed by atoms with Crippen molar-refractivity contribution in [2.45, 2.75) is 57.0 Å². The van der Waals surface area contributed by atoms with Crippen LogP contribution >= 0.6 is 0 Å². The SMILES string of the molecule is CO/C(=C\C1=CC=CCC=C1)CCC1(C2CCCC2)CC(O)=CC(=O)O1. The van der Waals surface area contributed by atoms with Crippen molar-refractivity contribution < 1.29 is 19.4 Å². The number of esters is 1. The Morgan fingerprint density at radius 3 is 2.92 bits per heavy atom. The quantitative estimate of drug-likeness (QED) is 0.534. The van der Waals surface area contributed by atoms with Crippen LogP contribution < -0.4 is 0 Å². The Kier molecular flexibility index (Phi) is 6.02. The Balaban J connectivity index is 1.76. The molecule has 140 valence electrons. The lowest BCUT2D eigenvalue weighted by atomic mass is 9.77. The van der Waals surface area contributed by atoms with Gasteiger partial charge in [-0.1, -0.05) is 43.2 Å². The molecule has 1 saturated carbocycles. The van der Waals surface area contributed by atoms with Gasteiger partial charge in [-0.15, -0.1) is 0 Å². The Morgan fingerprint density at radius 2 is 2.19 bits per heavy atom. The summed E-state index contributed by atoms with van der Waals surface area (Å²) >= 11 is 0. The molecule has 4 heteroatoms. The molecule has 0 aromatic carbocycles. The minimum atomic E-state index is -0.613. The third-order valence-corrected chi connectivity index (χ3v) is 5.56. The van der Waals surface area contributed by atoms with E-state index in [9.17, 15) is 9.90 Å². The van der Waals surface area contributed by atoms with E-state index in [1.54, 1.807) is 7.11 Å². The van der Waals surface area contributed by atoms with Gasteiger partial charge in [0.05, 0.1) is 18.9 Å². The van der Waals surface area contributed by atoms with Crippen LogP contribution in [0.25, 0.3) is 0 Å². The molecule has 1 fully saturated rings. The number of aliphatic hydroxyl groups excluding tert-OH is 1. The van der Waals surface area contributed by atoms with Crippen LogP contribution in [-0.4, -0.2) is 23.8 Å². The van der Waals surface area contributed by atoms with Gasteiger partial charge in [-0.2, -0.15) is 0 Å². The van der Waals surface area contributed by atoms with Crippen LogP contribution in [0.3, 0.4) is 0 Å². The molecule has 1 N–H and O–H groups in total. The fourth-order valence-corrected chi connectivity index (χ4v) is 4.23. The van der Waals surface area contributed by atoms with Gasteiger partial charge >= 0.3 is 5.97 Å². The van der Waals surface area contributed by atoms with E-state index < -0.39 is 11.6 Å². The van der Waals surface area contributed by atoms with Crippen LogP contribution in [0.2, 0.25) is 0 Å². The molecular formula is C22H28O4. The van der Waals surface area contributed by atoms with Crippen LogP contribution in [0.15, 0.2) is 59.6 Å². The molecule has 0 aromatic heterocycles. The number of hydrogen-bond acceptors (Lipinski definition) is 4. The van der Waals surface area contributed by atoms with Crippen molar-refractivity contribution in [3.05, 3.63) is 59.6 Å². The summed E-state index contributed by atoms with van der Waals surface area (Å²) in [7, 11) is 1.68. The fourth-order valence-electron chi connectivity index (χ4n) is 4.23. The van der Waals surface area contributed by atoms with Crippen molar-refractivity contribution in [3.63, 3.8) is 0 Å². The Labute approximate surface area is 155 Å². The molecule has 26 heavy (non-hydrogen) atoms.